The van der Waals surface area contributed by atoms with Gasteiger partial charge in [0.25, 0.3) is 0 Å². The van der Waals surface area contributed by atoms with Crippen molar-refractivity contribution in [3.63, 3.8) is 0 Å². The molecule has 1 saturated heterocycles. The predicted molar refractivity (Wildman–Crippen MR) is 95.0 cm³/mol. The molecule has 0 spiro atoms. The Kier molecular flexibility index (Phi) is 9.91. The molecular weight excluding hydrogens is 381 g/mol. The maximum Gasteiger partial charge on any atom is 0.00160 e. The van der Waals surface area contributed by atoms with Crippen LogP contribution in [-0.4, -0.2) is 36.0 Å². The van der Waals surface area contributed by atoms with E-state index >= 15 is 0 Å². The van der Waals surface area contributed by atoms with E-state index in [1.165, 1.54) is 42.6 Å². The van der Waals surface area contributed by atoms with Gasteiger partial charge in [-0.25, -0.2) is 0 Å². The molecule has 0 saturated carbocycles. The van der Waals surface area contributed by atoms with Crippen LogP contribution in [0.1, 0.15) is 25.4 Å². The van der Waals surface area contributed by atoms with E-state index in [-0.39, 0.29) is 32.8 Å². The monoisotopic (exact) mass is 407 g/mol. The van der Waals surface area contributed by atoms with Crippen molar-refractivity contribution in [1.82, 2.24) is 4.90 Å². The second-order valence-corrected chi connectivity index (χ2v) is 5.51. The Morgan fingerprint density at radius 1 is 0.783 bits per heavy atom. The normalized spacial score (nSPS) is 14.0. The summed E-state index contributed by atoms with van der Waals surface area (Å²) in [5.41, 5.74) is 5.73. The minimum atomic E-state index is 0. The number of nitrogens with zero attached hydrogens (tertiary/aromatic N) is 1. The van der Waals surface area contributed by atoms with Gasteiger partial charge in [-0.1, -0.05) is 66.2 Å². The van der Waals surface area contributed by atoms with Crippen LogP contribution in [0.25, 0.3) is 5.57 Å². The Morgan fingerprint density at radius 2 is 1.17 bits per heavy atom. The van der Waals surface area contributed by atoms with Crippen LogP contribution in [-0.2, 0) is 20.4 Å². The van der Waals surface area contributed by atoms with Crippen molar-refractivity contribution < 1.29 is 32.8 Å². The van der Waals surface area contributed by atoms with Crippen LogP contribution in [0, 0.1) is 0 Å². The van der Waals surface area contributed by atoms with Crippen molar-refractivity contribution in [2.24, 2.45) is 0 Å². The number of rotatable bonds is 2. The van der Waals surface area contributed by atoms with Gasteiger partial charge < -0.3 is 15.9 Å². The Balaban J connectivity index is 0. The molecule has 3 nitrogen and oxygen atoms in total. The SMILES string of the molecule is CN1CCC(=C(c2ccccc2)c2ccccc2)CC1.O.O.[HH].[Pd]. The molecule has 130 valence electrons. The van der Waals surface area contributed by atoms with Crippen LogP contribution < -0.4 is 0 Å². The van der Waals surface area contributed by atoms with Gasteiger partial charge in [-0.3, -0.25) is 0 Å². The van der Waals surface area contributed by atoms with Crippen molar-refractivity contribution in [2.45, 2.75) is 12.8 Å². The van der Waals surface area contributed by atoms with E-state index in [1.807, 2.05) is 0 Å². The molecule has 3 rings (SSSR count). The average molecular weight is 408 g/mol. The molecule has 0 aliphatic carbocycles. The van der Waals surface area contributed by atoms with Crippen molar-refractivity contribution in [3.8, 4) is 0 Å². The maximum atomic E-state index is 2.41. The van der Waals surface area contributed by atoms with Gasteiger partial charge in [-0.15, -0.1) is 0 Å². The molecule has 1 aliphatic heterocycles. The van der Waals surface area contributed by atoms with Crippen LogP contribution in [0.4, 0.5) is 0 Å². The number of piperidine rings is 1. The van der Waals surface area contributed by atoms with Gasteiger partial charge >= 0.3 is 0 Å². The molecule has 0 bridgehead atoms. The molecule has 2 aromatic carbocycles. The molecule has 0 radical (unpaired) electrons. The largest absolute Gasteiger partial charge is 0.412 e. The van der Waals surface area contributed by atoms with Crippen LogP contribution in [0.3, 0.4) is 0 Å². The minimum absolute atomic E-state index is 0. The standard InChI is InChI=1S/C19H21N.2H2O.Pd.H2/c1-20-14-12-18(13-15-20)19(16-8-4-2-5-9-16)17-10-6-3-7-11-17;;;;/h2-11H,12-15H2,1H3;2*1H2;;1H. The average Bonchev–Trinajstić information content (AvgIpc) is 2.52. The molecule has 1 heterocycles. The molecule has 1 fully saturated rings. The summed E-state index contributed by atoms with van der Waals surface area (Å²) in [4.78, 5) is 2.41. The number of hydrogen-bond donors (Lipinski definition) is 0. The first-order chi connectivity index (χ1) is 9.84. The first-order valence-electron chi connectivity index (χ1n) is 7.36. The van der Waals surface area contributed by atoms with Gasteiger partial charge in [0.2, 0.25) is 0 Å². The van der Waals surface area contributed by atoms with Crippen LogP contribution in [0.2, 0.25) is 0 Å². The zero-order valence-corrected chi connectivity index (χ0v) is 14.9. The minimum Gasteiger partial charge on any atom is -0.412 e. The van der Waals surface area contributed by atoms with Gasteiger partial charge in [0, 0.05) is 34.9 Å². The molecular formula is C19H27NO2Pd. The summed E-state index contributed by atoms with van der Waals surface area (Å²) in [7, 11) is 2.21. The van der Waals surface area contributed by atoms with E-state index in [4.69, 9.17) is 0 Å². The maximum absolute atomic E-state index is 2.41. The molecule has 0 atom stereocenters. The van der Waals surface area contributed by atoms with E-state index in [0.29, 0.717) is 0 Å². The number of likely N-dealkylation sites (tertiary alicyclic amines) is 1. The summed E-state index contributed by atoms with van der Waals surface area (Å²) in [6.45, 7) is 2.33. The summed E-state index contributed by atoms with van der Waals surface area (Å²) in [6, 6.07) is 21.6. The fourth-order valence-electron chi connectivity index (χ4n) is 2.92. The molecule has 0 amide bonds. The molecule has 2 aromatic rings. The Hall–Kier alpha value is -1.28. The summed E-state index contributed by atoms with van der Waals surface area (Å²) < 4.78 is 0. The number of benzene rings is 2. The van der Waals surface area contributed by atoms with Crippen LogP contribution in [0.15, 0.2) is 66.2 Å². The predicted octanol–water partition coefficient (Wildman–Crippen LogP) is 2.81. The Labute approximate surface area is 153 Å². The third-order valence-corrected chi connectivity index (χ3v) is 4.07. The first-order valence-corrected chi connectivity index (χ1v) is 7.36. The summed E-state index contributed by atoms with van der Waals surface area (Å²) >= 11 is 0. The van der Waals surface area contributed by atoms with E-state index in [0.717, 1.165) is 0 Å². The van der Waals surface area contributed by atoms with E-state index < -0.39 is 0 Å². The molecule has 4 heteroatoms. The fraction of sp³-hybridized carbons (Fsp3) is 0.263. The Bertz CT molecular complexity index is 554. The molecule has 4 N–H and O–H groups in total. The van der Waals surface area contributed by atoms with E-state index in [2.05, 4.69) is 72.6 Å². The van der Waals surface area contributed by atoms with Crippen molar-refractivity contribution in [3.05, 3.63) is 77.4 Å². The second kappa shape index (κ2) is 10.5. The molecule has 1 aliphatic rings. The topological polar surface area (TPSA) is 66.2 Å². The molecule has 0 aromatic heterocycles. The summed E-state index contributed by atoms with van der Waals surface area (Å²) in [5.74, 6) is 0. The third kappa shape index (κ3) is 5.39. The number of hydrogen-bond acceptors (Lipinski definition) is 1. The van der Waals surface area contributed by atoms with Gasteiger partial charge in [0.15, 0.2) is 0 Å². The third-order valence-electron chi connectivity index (χ3n) is 4.07. The van der Waals surface area contributed by atoms with Crippen LogP contribution >= 0.6 is 0 Å². The van der Waals surface area contributed by atoms with Crippen molar-refractivity contribution in [2.75, 3.05) is 20.1 Å². The zero-order valence-electron chi connectivity index (χ0n) is 13.4. The Morgan fingerprint density at radius 3 is 1.57 bits per heavy atom. The fourth-order valence-corrected chi connectivity index (χ4v) is 2.92. The zero-order chi connectivity index (χ0) is 13.8. The second-order valence-electron chi connectivity index (χ2n) is 5.51. The molecule has 23 heavy (non-hydrogen) atoms. The van der Waals surface area contributed by atoms with Gasteiger partial charge in [0.05, 0.1) is 0 Å². The van der Waals surface area contributed by atoms with Gasteiger partial charge in [-0.2, -0.15) is 0 Å². The van der Waals surface area contributed by atoms with Gasteiger partial charge in [0.1, 0.15) is 0 Å². The molecule has 0 unspecified atom stereocenters. The van der Waals surface area contributed by atoms with E-state index in [9.17, 15) is 0 Å². The first kappa shape index (κ1) is 21.7. The smallest absolute Gasteiger partial charge is 0.00160 e. The quantitative estimate of drug-likeness (QED) is 0.706. The van der Waals surface area contributed by atoms with E-state index in [1.54, 1.807) is 5.57 Å². The van der Waals surface area contributed by atoms with Crippen LogP contribution in [0.5, 0.6) is 0 Å². The summed E-state index contributed by atoms with van der Waals surface area (Å²) in [5, 5.41) is 0. The van der Waals surface area contributed by atoms with Crippen molar-refractivity contribution in [1.29, 1.82) is 0 Å². The summed E-state index contributed by atoms with van der Waals surface area (Å²) in [6.07, 6.45) is 2.35. The van der Waals surface area contributed by atoms with Gasteiger partial charge in [-0.05, 0) is 36.6 Å². The van der Waals surface area contributed by atoms with Crippen molar-refractivity contribution >= 4 is 5.57 Å².